The van der Waals surface area contributed by atoms with Gasteiger partial charge in [0.25, 0.3) is 0 Å². The molecule has 0 unspecified atom stereocenters. The van der Waals surface area contributed by atoms with Gasteiger partial charge in [0, 0.05) is 43.4 Å². The lowest BCUT2D eigenvalue weighted by atomic mass is 10.3. The smallest absolute Gasteiger partial charge is 0.191 e. The summed E-state index contributed by atoms with van der Waals surface area (Å²) in [5.74, 6) is 2.45. The van der Waals surface area contributed by atoms with Gasteiger partial charge in [-0.1, -0.05) is 6.07 Å². The Morgan fingerprint density at radius 1 is 1.21 bits per heavy atom. The van der Waals surface area contributed by atoms with Gasteiger partial charge in [0.1, 0.15) is 11.5 Å². The maximum atomic E-state index is 5.75. The number of aromatic nitrogens is 1. The number of thiazole rings is 1. The molecule has 0 aliphatic heterocycles. The van der Waals surface area contributed by atoms with Gasteiger partial charge in [0.05, 0.1) is 24.4 Å². The summed E-state index contributed by atoms with van der Waals surface area (Å²) in [6.07, 6.45) is 1.75. The van der Waals surface area contributed by atoms with Crippen LogP contribution in [-0.4, -0.2) is 44.3 Å². The topological polar surface area (TPSA) is 67.8 Å². The summed E-state index contributed by atoms with van der Waals surface area (Å²) in [6, 6.07) is 7.64. The number of aliphatic imine (C=N–C) groups is 1. The van der Waals surface area contributed by atoms with E-state index < -0.39 is 0 Å². The van der Waals surface area contributed by atoms with Crippen molar-refractivity contribution in [2.45, 2.75) is 33.6 Å². The van der Waals surface area contributed by atoms with Crippen molar-refractivity contribution >= 4 is 41.3 Å². The molecule has 1 aromatic carbocycles. The molecule has 28 heavy (non-hydrogen) atoms. The molecule has 0 bridgehead atoms. The van der Waals surface area contributed by atoms with E-state index in [1.165, 1.54) is 9.88 Å². The van der Waals surface area contributed by atoms with Gasteiger partial charge >= 0.3 is 0 Å². The quantitative estimate of drug-likeness (QED) is 0.216. The normalized spacial score (nSPS) is 10.9. The third kappa shape index (κ3) is 8.64. The number of aryl methyl sites for hydroxylation is 2. The highest BCUT2D eigenvalue weighted by atomic mass is 127. The molecule has 8 heteroatoms. The molecule has 0 fully saturated rings. The maximum absolute atomic E-state index is 5.75. The van der Waals surface area contributed by atoms with Crippen molar-refractivity contribution in [1.29, 1.82) is 0 Å². The van der Waals surface area contributed by atoms with Crippen molar-refractivity contribution in [3.8, 4) is 11.5 Å². The number of hydrogen-bond donors (Lipinski definition) is 2. The second-order valence-corrected chi connectivity index (χ2v) is 7.36. The van der Waals surface area contributed by atoms with Crippen LogP contribution in [0.3, 0.4) is 0 Å². The van der Waals surface area contributed by atoms with Gasteiger partial charge in [0.2, 0.25) is 0 Å². The van der Waals surface area contributed by atoms with Crippen LogP contribution >= 0.6 is 35.3 Å². The number of hydrogen-bond acceptors (Lipinski definition) is 5. The molecule has 0 saturated carbocycles. The zero-order chi connectivity index (χ0) is 19.5. The molecule has 0 amide bonds. The molecule has 156 valence electrons. The third-order valence-electron chi connectivity index (χ3n) is 3.93. The Labute approximate surface area is 189 Å². The highest BCUT2D eigenvalue weighted by molar-refractivity contribution is 14.0. The number of ether oxygens (including phenoxy) is 2. The first-order chi connectivity index (χ1) is 13.1. The molecular weight excluding hydrogens is 487 g/mol. The van der Waals surface area contributed by atoms with Gasteiger partial charge < -0.3 is 20.1 Å². The van der Waals surface area contributed by atoms with Crippen LogP contribution in [0.15, 0.2) is 29.3 Å². The number of rotatable bonds is 10. The van der Waals surface area contributed by atoms with Gasteiger partial charge in [-0.05, 0) is 32.9 Å². The zero-order valence-electron chi connectivity index (χ0n) is 17.1. The highest BCUT2D eigenvalue weighted by Crippen LogP contribution is 2.19. The van der Waals surface area contributed by atoms with Gasteiger partial charge in [-0.15, -0.1) is 35.3 Å². The summed E-state index contributed by atoms with van der Waals surface area (Å²) in [5.41, 5.74) is 1.13. The van der Waals surface area contributed by atoms with Crippen LogP contribution in [0.4, 0.5) is 0 Å². The minimum Gasteiger partial charge on any atom is -0.497 e. The van der Waals surface area contributed by atoms with Gasteiger partial charge in [-0.25, -0.2) is 4.98 Å². The van der Waals surface area contributed by atoms with E-state index in [1.54, 1.807) is 18.4 Å². The third-order valence-corrected chi connectivity index (χ3v) is 5.06. The van der Waals surface area contributed by atoms with E-state index in [-0.39, 0.29) is 24.0 Å². The van der Waals surface area contributed by atoms with E-state index in [0.29, 0.717) is 13.2 Å². The summed E-state index contributed by atoms with van der Waals surface area (Å²) in [5, 5.41) is 7.81. The van der Waals surface area contributed by atoms with Crippen LogP contribution in [0.2, 0.25) is 0 Å². The molecule has 2 rings (SSSR count). The maximum Gasteiger partial charge on any atom is 0.191 e. The number of benzene rings is 1. The number of methoxy groups -OCH3 is 1. The van der Waals surface area contributed by atoms with E-state index in [9.17, 15) is 0 Å². The summed E-state index contributed by atoms with van der Waals surface area (Å²) < 4.78 is 10.9. The summed E-state index contributed by atoms with van der Waals surface area (Å²) in [4.78, 5) is 10.5. The van der Waals surface area contributed by atoms with Gasteiger partial charge in [0.15, 0.2) is 5.96 Å². The van der Waals surface area contributed by atoms with E-state index in [4.69, 9.17) is 9.47 Å². The number of guanidine groups is 1. The van der Waals surface area contributed by atoms with Crippen molar-refractivity contribution in [3.63, 3.8) is 0 Å². The lowest BCUT2D eigenvalue weighted by Gasteiger charge is -2.11. The standard InChI is InChI=1S/C20H30N4O2S.HI/c1-5-21-20(23-12-10-19-24-15(2)16(3)27-19)22-11-7-13-26-18-9-6-8-17(14-18)25-4;/h6,8-9,14H,5,7,10-13H2,1-4H3,(H2,21,22,23);1H. The molecule has 0 radical (unpaired) electrons. The van der Waals surface area contributed by atoms with Crippen LogP contribution in [0.1, 0.15) is 28.9 Å². The van der Waals surface area contributed by atoms with E-state index in [1.807, 2.05) is 24.3 Å². The summed E-state index contributed by atoms with van der Waals surface area (Å²) in [7, 11) is 1.65. The van der Waals surface area contributed by atoms with E-state index >= 15 is 0 Å². The average Bonchev–Trinajstić information content (AvgIpc) is 2.99. The van der Waals surface area contributed by atoms with Crippen LogP contribution in [0.5, 0.6) is 11.5 Å². The van der Waals surface area contributed by atoms with Crippen molar-refractivity contribution in [1.82, 2.24) is 15.6 Å². The Kier molecular flexibility index (Phi) is 11.9. The predicted molar refractivity (Wildman–Crippen MR) is 128 cm³/mol. The molecule has 1 aromatic heterocycles. The van der Waals surface area contributed by atoms with Crippen molar-refractivity contribution in [3.05, 3.63) is 39.8 Å². The molecule has 6 nitrogen and oxygen atoms in total. The number of halogens is 1. The monoisotopic (exact) mass is 518 g/mol. The largest absolute Gasteiger partial charge is 0.497 e. The molecule has 2 aromatic rings. The first-order valence-corrected chi connectivity index (χ1v) is 10.2. The predicted octanol–water partition coefficient (Wildman–Crippen LogP) is 3.95. The fraction of sp³-hybridized carbons (Fsp3) is 0.500. The molecular formula is C20H31IN4O2S. The van der Waals surface area contributed by atoms with Crippen LogP contribution in [0.25, 0.3) is 0 Å². The Morgan fingerprint density at radius 3 is 2.68 bits per heavy atom. The SMILES string of the molecule is CCNC(=NCCCOc1cccc(OC)c1)NCCc1nc(C)c(C)s1.I. The Hall–Kier alpha value is -1.55. The summed E-state index contributed by atoms with van der Waals surface area (Å²) >= 11 is 1.77. The van der Waals surface area contributed by atoms with E-state index in [0.717, 1.165) is 49.1 Å². The zero-order valence-corrected chi connectivity index (χ0v) is 20.2. The number of nitrogens with one attached hydrogen (secondary N) is 2. The molecule has 2 N–H and O–H groups in total. The number of nitrogens with zero attached hydrogens (tertiary/aromatic N) is 2. The van der Waals surface area contributed by atoms with Crippen LogP contribution in [-0.2, 0) is 6.42 Å². The van der Waals surface area contributed by atoms with Crippen molar-refractivity contribution in [2.24, 2.45) is 4.99 Å². The first kappa shape index (κ1) is 24.5. The lowest BCUT2D eigenvalue weighted by molar-refractivity contribution is 0.311. The molecule has 0 atom stereocenters. The molecule has 1 heterocycles. The van der Waals surface area contributed by atoms with Gasteiger partial charge in [-0.3, -0.25) is 4.99 Å². The minimum absolute atomic E-state index is 0. The van der Waals surface area contributed by atoms with Crippen LogP contribution in [0, 0.1) is 13.8 Å². The Bertz CT molecular complexity index is 717. The minimum atomic E-state index is 0. The Morgan fingerprint density at radius 2 is 2.00 bits per heavy atom. The van der Waals surface area contributed by atoms with E-state index in [2.05, 4.69) is 41.4 Å². The second kappa shape index (κ2) is 13.6. The van der Waals surface area contributed by atoms with Crippen LogP contribution < -0.4 is 20.1 Å². The Balaban J connectivity index is 0.00000392. The average molecular weight is 518 g/mol. The van der Waals surface area contributed by atoms with Crippen molar-refractivity contribution in [2.75, 3.05) is 33.4 Å². The second-order valence-electron chi connectivity index (χ2n) is 6.07. The van der Waals surface area contributed by atoms with Crippen molar-refractivity contribution < 1.29 is 9.47 Å². The molecule has 0 aliphatic rings. The lowest BCUT2D eigenvalue weighted by Crippen LogP contribution is -2.38. The fourth-order valence-electron chi connectivity index (χ4n) is 2.41. The molecule has 0 saturated heterocycles. The van der Waals surface area contributed by atoms with Gasteiger partial charge in [-0.2, -0.15) is 0 Å². The highest BCUT2D eigenvalue weighted by Gasteiger charge is 2.04. The fourth-order valence-corrected chi connectivity index (χ4v) is 3.35. The molecule has 0 aliphatic carbocycles. The summed E-state index contributed by atoms with van der Waals surface area (Å²) in [6.45, 7) is 9.21. The molecule has 0 spiro atoms. The first-order valence-electron chi connectivity index (χ1n) is 9.34.